The van der Waals surface area contributed by atoms with Gasteiger partial charge >= 0.3 is 0 Å². The average Bonchev–Trinajstić information content (AvgIpc) is 2.23. The maximum Gasteiger partial charge on any atom is 0.223 e. The Kier molecular flexibility index (Phi) is 5.42. The summed E-state index contributed by atoms with van der Waals surface area (Å²) in [5.74, 6) is 0.658. The topological polar surface area (TPSA) is 79.5 Å². The van der Waals surface area contributed by atoms with Crippen LogP contribution >= 0.6 is 0 Å². The number of nitrogens with two attached hydrogens (primary N) is 1. The lowest BCUT2D eigenvalue weighted by atomic mass is 10.6. The minimum Gasteiger partial charge on any atom is -0.475 e. The molecule has 84 valence electrons. The number of hydrogen-bond donors (Lipinski definition) is 1. The summed E-state index contributed by atoms with van der Waals surface area (Å²) in [5.41, 5.74) is 5.38. The Morgan fingerprint density at radius 2 is 2.07 bits per heavy atom. The van der Waals surface area contributed by atoms with Gasteiger partial charge in [0.1, 0.15) is 6.61 Å². The van der Waals surface area contributed by atoms with Crippen LogP contribution in [0.1, 0.15) is 0 Å². The van der Waals surface area contributed by atoms with E-state index in [0.29, 0.717) is 32.3 Å². The van der Waals surface area contributed by atoms with E-state index in [2.05, 4.69) is 9.97 Å². The van der Waals surface area contributed by atoms with Gasteiger partial charge in [0.25, 0.3) is 0 Å². The minimum absolute atomic E-state index is 0.202. The molecule has 0 aromatic carbocycles. The van der Waals surface area contributed by atoms with Gasteiger partial charge in [0, 0.05) is 19.4 Å². The largest absolute Gasteiger partial charge is 0.475 e. The number of methoxy groups -OCH3 is 1. The van der Waals surface area contributed by atoms with Crippen molar-refractivity contribution in [3.63, 3.8) is 0 Å². The number of aromatic nitrogens is 2. The molecule has 1 rings (SSSR count). The van der Waals surface area contributed by atoms with Crippen LogP contribution in [0.3, 0.4) is 0 Å². The van der Waals surface area contributed by atoms with Crippen LogP contribution in [0.2, 0.25) is 0 Å². The summed E-state index contributed by atoms with van der Waals surface area (Å²) in [6, 6.07) is 1.64. The van der Waals surface area contributed by atoms with Crippen molar-refractivity contribution >= 4 is 5.95 Å². The normalized spacial score (nSPS) is 10.2. The number of anilines is 1. The Bertz CT molecular complexity index is 283. The molecule has 0 unspecified atom stereocenters. The molecule has 0 saturated heterocycles. The highest BCUT2D eigenvalue weighted by Crippen LogP contribution is 2.04. The highest BCUT2D eigenvalue weighted by Gasteiger charge is 1.96. The zero-order valence-electron chi connectivity index (χ0n) is 8.68. The predicted octanol–water partition coefficient (Wildman–Crippen LogP) is 0.101. The van der Waals surface area contributed by atoms with E-state index in [1.165, 1.54) is 0 Å². The number of rotatable bonds is 7. The number of nitrogen functional groups attached to an aromatic ring is 1. The first-order valence-corrected chi connectivity index (χ1v) is 4.61. The zero-order chi connectivity index (χ0) is 10.9. The van der Waals surface area contributed by atoms with Crippen molar-refractivity contribution in [2.75, 3.05) is 39.3 Å². The fourth-order valence-electron chi connectivity index (χ4n) is 0.886. The molecule has 0 saturated carbocycles. The highest BCUT2D eigenvalue weighted by atomic mass is 16.5. The van der Waals surface area contributed by atoms with Crippen LogP contribution in [0, 0.1) is 0 Å². The third kappa shape index (κ3) is 5.14. The van der Waals surface area contributed by atoms with Gasteiger partial charge in [0.2, 0.25) is 11.8 Å². The van der Waals surface area contributed by atoms with Gasteiger partial charge in [-0.2, -0.15) is 4.98 Å². The summed E-state index contributed by atoms with van der Waals surface area (Å²) in [7, 11) is 1.63. The lowest BCUT2D eigenvalue weighted by Gasteiger charge is -2.05. The minimum atomic E-state index is 0.202. The molecule has 0 aliphatic carbocycles. The summed E-state index contributed by atoms with van der Waals surface area (Å²) >= 11 is 0. The Labute approximate surface area is 88.4 Å². The number of nitrogens with zero attached hydrogens (tertiary/aromatic N) is 2. The van der Waals surface area contributed by atoms with Crippen LogP contribution in [0.15, 0.2) is 12.3 Å². The van der Waals surface area contributed by atoms with Crippen molar-refractivity contribution in [2.45, 2.75) is 0 Å². The quantitative estimate of drug-likeness (QED) is 0.647. The number of hydrogen-bond acceptors (Lipinski definition) is 6. The van der Waals surface area contributed by atoms with Gasteiger partial charge in [-0.25, -0.2) is 4.98 Å². The molecule has 0 bridgehead atoms. The fourth-order valence-corrected chi connectivity index (χ4v) is 0.886. The number of ether oxygens (including phenoxy) is 3. The molecule has 0 atom stereocenters. The molecule has 2 N–H and O–H groups in total. The summed E-state index contributed by atoms with van der Waals surface area (Å²) in [6.07, 6.45) is 1.55. The van der Waals surface area contributed by atoms with Gasteiger partial charge in [-0.1, -0.05) is 0 Å². The van der Waals surface area contributed by atoms with Gasteiger partial charge in [-0.05, 0) is 0 Å². The van der Waals surface area contributed by atoms with Crippen molar-refractivity contribution in [1.82, 2.24) is 9.97 Å². The molecule has 15 heavy (non-hydrogen) atoms. The van der Waals surface area contributed by atoms with Crippen molar-refractivity contribution in [1.29, 1.82) is 0 Å². The van der Waals surface area contributed by atoms with Crippen LogP contribution in [0.4, 0.5) is 5.95 Å². The Morgan fingerprint density at radius 3 is 2.80 bits per heavy atom. The van der Waals surface area contributed by atoms with E-state index in [0.717, 1.165) is 0 Å². The maximum atomic E-state index is 5.38. The van der Waals surface area contributed by atoms with E-state index in [9.17, 15) is 0 Å². The second kappa shape index (κ2) is 6.97. The smallest absolute Gasteiger partial charge is 0.223 e. The van der Waals surface area contributed by atoms with Gasteiger partial charge in [0.05, 0.1) is 19.8 Å². The predicted molar refractivity (Wildman–Crippen MR) is 54.6 cm³/mol. The van der Waals surface area contributed by atoms with Crippen LogP contribution in [-0.2, 0) is 9.47 Å². The van der Waals surface area contributed by atoms with Gasteiger partial charge in [-0.15, -0.1) is 0 Å². The van der Waals surface area contributed by atoms with E-state index < -0.39 is 0 Å². The second-order valence-corrected chi connectivity index (χ2v) is 2.71. The van der Waals surface area contributed by atoms with Crippen molar-refractivity contribution in [2.24, 2.45) is 0 Å². The third-order valence-electron chi connectivity index (χ3n) is 1.56. The SMILES string of the molecule is COCCOCCOc1ccnc(N)n1. The molecule has 1 aromatic rings. The van der Waals surface area contributed by atoms with Gasteiger partial charge in [-0.3, -0.25) is 0 Å². The highest BCUT2D eigenvalue weighted by molar-refractivity contribution is 5.20. The third-order valence-corrected chi connectivity index (χ3v) is 1.56. The van der Waals surface area contributed by atoms with E-state index in [4.69, 9.17) is 19.9 Å². The Hall–Kier alpha value is -1.40. The first-order valence-electron chi connectivity index (χ1n) is 4.61. The summed E-state index contributed by atoms with van der Waals surface area (Å²) in [4.78, 5) is 7.62. The van der Waals surface area contributed by atoms with E-state index in [1.54, 1.807) is 19.4 Å². The molecule has 0 aliphatic rings. The van der Waals surface area contributed by atoms with Crippen LogP contribution < -0.4 is 10.5 Å². The van der Waals surface area contributed by atoms with Gasteiger partial charge < -0.3 is 19.9 Å². The lowest BCUT2D eigenvalue weighted by Crippen LogP contribution is -2.10. The molecular weight excluding hydrogens is 198 g/mol. The molecule has 6 heteroatoms. The van der Waals surface area contributed by atoms with Crippen molar-refractivity contribution < 1.29 is 14.2 Å². The summed E-state index contributed by atoms with van der Waals surface area (Å²) in [5, 5.41) is 0. The van der Waals surface area contributed by atoms with E-state index in [-0.39, 0.29) is 5.95 Å². The van der Waals surface area contributed by atoms with E-state index >= 15 is 0 Å². The standard InChI is InChI=1S/C9H15N3O3/c1-13-4-5-14-6-7-15-8-2-3-11-9(10)12-8/h2-3H,4-7H2,1H3,(H2,10,11,12). The molecular formula is C9H15N3O3. The molecule has 0 amide bonds. The first kappa shape index (κ1) is 11.7. The molecule has 0 fully saturated rings. The summed E-state index contributed by atoms with van der Waals surface area (Å²) < 4.78 is 15.3. The van der Waals surface area contributed by atoms with Crippen LogP contribution in [0.25, 0.3) is 0 Å². The zero-order valence-corrected chi connectivity index (χ0v) is 8.68. The second-order valence-electron chi connectivity index (χ2n) is 2.71. The summed E-state index contributed by atoms with van der Waals surface area (Å²) in [6.45, 7) is 2.07. The van der Waals surface area contributed by atoms with E-state index in [1.807, 2.05) is 0 Å². The van der Waals surface area contributed by atoms with Crippen molar-refractivity contribution in [3.8, 4) is 5.88 Å². The van der Waals surface area contributed by atoms with Crippen LogP contribution in [-0.4, -0.2) is 43.5 Å². The molecule has 0 spiro atoms. The molecule has 1 heterocycles. The maximum absolute atomic E-state index is 5.38. The fraction of sp³-hybridized carbons (Fsp3) is 0.556. The molecule has 0 radical (unpaired) electrons. The molecule has 6 nitrogen and oxygen atoms in total. The monoisotopic (exact) mass is 213 g/mol. The Morgan fingerprint density at radius 1 is 1.27 bits per heavy atom. The molecule has 1 aromatic heterocycles. The molecule has 0 aliphatic heterocycles. The first-order chi connectivity index (χ1) is 7.33. The average molecular weight is 213 g/mol. The Balaban J connectivity index is 2.10. The van der Waals surface area contributed by atoms with Crippen LogP contribution in [0.5, 0.6) is 5.88 Å². The lowest BCUT2D eigenvalue weighted by molar-refractivity contribution is 0.0537. The van der Waals surface area contributed by atoms with Crippen molar-refractivity contribution in [3.05, 3.63) is 12.3 Å². The van der Waals surface area contributed by atoms with Gasteiger partial charge in [0.15, 0.2) is 0 Å².